The summed E-state index contributed by atoms with van der Waals surface area (Å²) in [6.07, 6.45) is 0. The van der Waals surface area contributed by atoms with Crippen LogP contribution in [-0.4, -0.2) is 87.8 Å². The van der Waals surface area contributed by atoms with Crippen molar-refractivity contribution in [3.63, 3.8) is 0 Å². The Labute approximate surface area is 102 Å². The molecule has 0 saturated heterocycles. The highest BCUT2D eigenvalue weighted by atomic mass is 32.1. The fourth-order valence-corrected chi connectivity index (χ4v) is 0.600. The van der Waals surface area contributed by atoms with Crippen LogP contribution in [0.3, 0.4) is 0 Å². The van der Waals surface area contributed by atoms with E-state index in [2.05, 4.69) is 42.3 Å². The van der Waals surface area contributed by atoms with Crippen LogP contribution in [0, 0.1) is 0 Å². The predicted molar refractivity (Wildman–Crippen MR) is 70.4 cm³/mol. The molecule has 15 heavy (non-hydrogen) atoms. The van der Waals surface area contributed by atoms with Gasteiger partial charge in [0.1, 0.15) is 13.1 Å². The number of aliphatic hydroxyl groups excluding tert-OH is 2. The largest absolute Gasteiger partial charge is 0.391 e. The molecule has 0 aliphatic rings. The van der Waals surface area contributed by atoms with Gasteiger partial charge in [-0.2, -0.15) is 13.5 Å². The lowest BCUT2D eigenvalue weighted by molar-refractivity contribution is -0.870. The summed E-state index contributed by atoms with van der Waals surface area (Å²) in [5.74, 6) is 0. The van der Waals surface area contributed by atoms with E-state index in [1.54, 1.807) is 0 Å². The van der Waals surface area contributed by atoms with Crippen LogP contribution in [-0.2, 0) is 0 Å². The van der Waals surface area contributed by atoms with E-state index in [1.165, 1.54) is 0 Å². The Balaban J connectivity index is -0.000000180. The first-order valence-corrected chi connectivity index (χ1v) is 4.95. The SMILES string of the molecule is C[N+](C)(C)CCO.C[N+](C)(C)CCO.S. The van der Waals surface area contributed by atoms with Crippen molar-refractivity contribution in [3.05, 3.63) is 0 Å². The van der Waals surface area contributed by atoms with Gasteiger partial charge < -0.3 is 19.2 Å². The molecular formula is C10H30N2O2S+2. The van der Waals surface area contributed by atoms with Crippen molar-refractivity contribution < 1.29 is 19.2 Å². The van der Waals surface area contributed by atoms with Gasteiger partial charge in [-0.25, -0.2) is 0 Å². The summed E-state index contributed by atoms with van der Waals surface area (Å²) in [6, 6.07) is 0. The molecule has 0 aromatic rings. The maximum atomic E-state index is 8.39. The summed E-state index contributed by atoms with van der Waals surface area (Å²) in [6.45, 7) is 2.23. The maximum Gasteiger partial charge on any atom is 0.101 e. The van der Waals surface area contributed by atoms with Crippen molar-refractivity contribution in [2.24, 2.45) is 0 Å². The Morgan fingerprint density at radius 2 is 0.867 bits per heavy atom. The molecule has 0 fully saturated rings. The minimum Gasteiger partial charge on any atom is -0.391 e. The molecule has 0 unspecified atom stereocenters. The molecule has 0 aliphatic carbocycles. The Hall–Kier alpha value is 0.190. The van der Waals surface area contributed by atoms with Gasteiger partial charge in [-0.05, 0) is 0 Å². The molecule has 0 atom stereocenters. The van der Waals surface area contributed by atoms with E-state index in [0.29, 0.717) is 0 Å². The van der Waals surface area contributed by atoms with Crippen molar-refractivity contribution in [3.8, 4) is 0 Å². The van der Waals surface area contributed by atoms with Crippen LogP contribution in [0.4, 0.5) is 0 Å². The number of rotatable bonds is 4. The van der Waals surface area contributed by atoms with Gasteiger partial charge in [0.05, 0.1) is 55.5 Å². The number of quaternary nitrogens is 2. The van der Waals surface area contributed by atoms with Crippen molar-refractivity contribution in [1.82, 2.24) is 0 Å². The number of nitrogens with zero attached hydrogens (tertiary/aromatic N) is 2. The molecular weight excluding hydrogens is 212 g/mol. The molecule has 0 rings (SSSR count). The summed E-state index contributed by atoms with van der Waals surface area (Å²) >= 11 is 0. The zero-order valence-corrected chi connectivity index (χ0v) is 12.1. The monoisotopic (exact) mass is 242 g/mol. The third kappa shape index (κ3) is 31.4. The minimum absolute atomic E-state index is 0. The molecule has 4 nitrogen and oxygen atoms in total. The van der Waals surface area contributed by atoms with Crippen molar-refractivity contribution in [1.29, 1.82) is 0 Å². The standard InChI is InChI=1S/2C5H14NO.H2S/c2*1-6(2,3)4-5-7;/h2*7H,4-5H2,1-3H3;1H2/q2*+1;. The average molecular weight is 242 g/mol. The number of likely N-dealkylation sites (N-methyl/N-ethyl adjacent to an activating group) is 2. The van der Waals surface area contributed by atoms with E-state index in [-0.39, 0.29) is 26.7 Å². The first kappa shape index (κ1) is 20.6. The van der Waals surface area contributed by atoms with Crippen LogP contribution in [0.5, 0.6) is 0 Å². The molecule has 0 saturated carbocycles. The van der Waals surface area contributed by atoms with Crippen LogP contribution in [0.1, 0.15) is 0 Å². The number of aliphatic hydroxyl groups is 2. The highest BCUT2D eigenvalue weighted by Crippen LogP contribution is 1.85. The summed E-state index contributed by atoms with van der Waals surface area (Å²) in [7, 11) is 12.3. The maximum absolute atomic E-state index is 8.39. The molecule has 0 heterocycles. The molecule has 96 valence electrons. The van der Waals surface area contributed by atoms with Gasteiger partial charge in [-0.15, -0.1) is 0 Å². The van der Waals surface area contributed by atoms with E-state index >= 15 is 0 Å². The molecule has 0 spiro atoms. The molecule has 2 N–H and O–H groups in total. The van der Waals surface area contributed by atoms with Gasteiger partial charge in [0, 0.05) is 0 Å². The minimum atomic E-state index is 0. The van der Waals surface area contributed by atoms with Crippen LogP contribution in [0.25, 0.3) is 0 Å². The van der Waals surface area contributed by atoms with Crippen LogP contribution in [0.2, 0.25) is 0 Å². The number of hydrogen-bond donors (Lipinski definition) is 2. The Bertz CT molecular complexity index is 114. The second-order valence-corrected chi connectivity index (χ2v) is 5.48. The van der Waals surface area contributed by atoms with E-state index in [4.69, 9.17) is 10.2 Å². The van der Waals surface area contributed by atoms with Crippen molar-refractivity contribution in [2.75, 3.05) is 68.6 Å². The van der Waals surface area contributed by atoms with E-state index in [9.17, 15) is 0 Å². The van der Waals surface area contributed by atoms with E-state index in [0.717, 1.165) is 22.1 Å². The van der Waals surface area contributed by atoms with Crippen molar-refractivity contribution in [2.45, 2.75) is 0 Å². The zero-order chi connectivity index (χ0) is 11.8. The lowest BCUT2D eigenvalue weighted by Gasteiger charge is -2.21. The smallest absolute Gasteiger partial charge is 0.101 e. The van der Waals surface area contributed by atoms with Gasteiger partial charge in [-0.3, -0.25) is 0 Å². The van der Waals surface area contributed by atoms with Crippen LogP contribution >= 0.6 is 13.5 Å². The molecule has 0 radical (unpaired) electrons. The van der Waals surface area contributed by atoms with E-state index in [1.807, 2.05) is 0 Å². The second-order valence-electron chi connectivity index (χ2n) is 5.48. The summed E-state index contributed by atoms with van der Waals surface area (Å²) < 4.78 is 1.69. The lowest BCUT2D eigenvalue weighted by atomic mass is 10.5. The van der Waals surface area contributed by atoms with Crippen LogP contribution < -0.4 is 0 Å². The molecule has 0 aromatic heterocycles. The second kappa shape index (κ2) is 9.42. The summed E-state index contributed by atoms with van der Waals surface area (Å²) in [5, 5.41) is 16.8. The summed E-state index contributed by atoms with van der Waals surface area (Å²) in [4.78, 5) is 0. The molecule has 0 aliphatic heterocycles. The fourth-order valence-electron chi connectivity index (χ4n) is 0.600. The van der Waals surface area contributed by atoms with Gasteiger partial charge in [0.15, 0.2) is 0 Å². The molecule has 5 heteroatoms. The van der Waals surface area contributed by atoms with Gasteiger partial charge in [-0.1, -0.05) is 0 Å². The topological polar surface area (TPSA) is 40.5 Å². The third-order valence-corrected chi connectivity index (χ3v) is 1.54. The van der Waals surface area contributed by atoms with E-state index < -0.39 is 0 Å². The van der Waals surface area contributed by atoms with Gasteiger partial charge >= 0.3 is 0 Å². The Kier molecular flexibility index (Phi) is 12.9. The predicted octanol–water partition coefficient (Wildman–Crippen LogP) is -0.517. The van der Waals surface area contributed by atoms with Gasteiger partial charge in [0.2, 0.25) is 0 Å². The fraction of sp³-hybridized carbons (Fsp3) is 1.00. The zero-order valence-electron chi connectivity index (χ0n) is 11.1. The van der Waals surface area contributed by atoms with Gasteiger partial charge in [0.25, 0.3) is 0 Å². The first-order valence-electron chi connectivity index (χ1n) is 4.95. The molecule has 0 amide bonds. The Morgan fingerprint density at radius 1 is 0.667 bits per heavy atom. The highest BCUT2D eigenvalue weighted by molar-refractivity contribution is 7.59. The first-order chi connectivity index (χ1) is 6.12. The molecule has 0 bridgehead atoms. The highest BCUT2D eigenvalue weighted by Gasteiger charge is 2.02. The summed E-state index contributed by atoms with van der Waals surface area (Å²) in [5.41, 5.74) is 0. The number of hydrogen-bond acceptors (Lipinski definition) is 2. The quantitative estimate of drug-likeness (QED) is 0.652. The van der Waals surface area contributed by atoms with Crippen molar-refractivity contribution >= 4 is 13.5 Å². The van der Waals surface area contributed by atoms with Crippen LogP contribution in [0.15, 0.2) is 0 Å². The normalized spacial score (nSPS) is 11.2. The third-order valence-electron chi connectivity index (χ3n) is 1.54. The lowest BCUT2D eigenvalue weighted by Crippen LogP contribution is -2.36. The Morgan fingerprint density at radius 3 is 0.867 bits per heavy atom. The average Bonchev–Trinajstić information content (AvgIpc) is 1.81. The molecule has 0 aromatic carbocycles.